The van der Waals surface area contributed by atoms with Gasteiger partial charge in [-0.3, -0.25) is 0 Å². The van der Waals surface area contributed by atoms with E-state index < -0.39 is 12.2 Å². The lowest BCUT2D eigenvalue weighted by Crippen LogP contribution is -2.21. The Hall–Kier alpha value is -2.34. The van der Waals surface area contributed by atoms with Gasteiger partial charge in [0, 0.05) is 27.6 Å². The minimum atomic E-state index is -1.20. The summed E-state index contributed by atoms with van der Waals surface area (Å²) < 4.78 is 15.2. The number of aryl methyl sites for hydroxylation is 1. The van der Waals surface area contributed by atoms with E-state index in [2.05, 4.69) is 10.0 Å². The molecular weight excluding hydrogens is 287 g/mol. The number of hydrogen-bond acceptors (Lipinski definition) is 3. The van der Waals surface area contributed by atoms with Crippen LogP contribution < -0.4 is 0 Å². The monoisotopic (exact) mass is 304 g/mol. The predicted octanol–water partition coefficient (Wildman–Crippen LogP) is 2.94. The smallest absolute Gasteiger partial charge is 0.125 e. The number of rotatable bonds is 5. The summed E-state index contributed by atoms with van der Waals surface area (Å²) in [5.41, 5.74) is 10.9. The molecule has 0 spiro atoms. The quantitative estimate of drug-likeness (QED) is 0.505. The summed E-state index contributed by atoms with van der Waals surface area (Å²) in [4.78, 5) is 2.56. The Bertz CT molecular complexity index is 722. The lowest BCUT2D eigenvalue weighted by atomic mass is 10.1. The normalized spacial score (nSPS) is 13.5. The first-order valence-electron chi connectivity index (χ1n) is 6.77. The summed E-state index contributed by atoms with van der Waals surface area (Å²) >= 11 is 0. The van der Waals surface area contributed by atoms with Crippen molar-refractivity contribution in [2.45, 2.75) is 26.1 Å². The second-order valence-corrected chi connectivity index (χ2v) is 5.07. The topological polar surface area (TPSA) is 94.2 Å². The summed E-state index contributed by atoms with van der Waals surface area (Å²) in [6.07, 6.45) is -2.38. The highest BCUT2D eigenvalue weighted by Crippen LogP contribution is 2.27. The molecule has 0 fully saturated rings. The molecule has 0 aliphatic rings. The summed E-state index contributed by atoms with van der Waals surface area (Å²) in [6, 6.07) is 7.85. The maximum atomic E-state index is 13.4. The van der Waals surface area contributed by atoms with Crippen molar-refractivity contribution in [3.63, 3.8) is 0 Å². The SMILES string of the molecule is Cc1cc(C(O)C(O)CN=[N+]=[N-])c(C)n1-c1cccc(F)c1. The zero-order chi connectivity index (χ0) is 16.3. The zero-order valence-corrected chi connectivity index (χ0v) is 12.3. The standard InChI is InChI=1S/C15H17FN4O2/c1-9-6-13(15(22)14(21)8-18-19-17)10(2)20(9)12-5-3-4-11(16)7-12/h3-7,14-15,21-22H,8H2,1-2H3. The van der Waals surface area contributed by atoms with Crippen LogP contribution in [0.25, 0.3) is 16.1 Å². The highest BCUT2D eigenvalue weighted by atomic mass is 19.1. The van der Waals surface area contributed by atoms with Crippen LogP contribution in [-0.2, 0) is 0 Å². The third kappa shape index (κ3) is 3.12. The maximum Gasteiger partial charge on any atom is 0.125 e. The molecule has 2 unspecified atom stereocenters. The van der Waals surface area contributed by atoms with Crippen LogP contribution in [-0.4, -0.2) is 27.4 Å². The van der Waals surface area contributed by atoms with E-state index in [0.717, 1.165) is 5.69 Å². The number of aliphatic hydroxyl groups is 2. The van der Waals surface area contributed by atoms with Gasteiger partial charge in [-0.25, -0.2) is 4.39 Å². The molecule has 7 heteroatoms. The molecule has 2 atom stereocenters. The first kappa shape index (κ1) is 16.0. The van der Waals surface area contributed by atoms with Gasteiger partial charge >= 0.3 is 0 Å². The molecule has 1 aromatic heterocycles. The van der Waals surface area contributed by atoms with Gasteiger partial charge in [0.05, 0.1) is 12.6 Å². The summed E-state index contributed by atoms with van der Waals surface area (Å²) in [5, 5.41) is 23.3. The number of aromatic nitrogens is 1. The third-order valence-corrected chi connectivity index (χ3v) is 3.55. The van der Waals surface area contributed by atoms with Crippen LogP contribution in [0.2, 0.25) is 0 Å². The number of azide groups is 1. The Balaban J connectivity index is 2.40. The molecule has 0 saturated heterocycles. The predicted molar refractivity (Wildman–Crippen MR) is 80.2 cm³/mol. The average Bonchev–Trinajstić information content (AvgIpc) is 2.78. The Morgan fingerprint density at radius 1 is 1.32 bits per heavy atom. The van der Waals surface area contributed by atoms with Crippen molar-refractivity contribution in [2.24, 2.45) is 5.11 Å². The number of aliphatic hydroxyl groups excluding tert-OH is 2. The van der Waals surface area contributed by atoms with E-state index in [0.29, 0.717) is 16.9 Å². The first-order valence-corrected chi connectivity index (χ1v) is 6.77. The molecule has 6 nitrogen and oxygen atoms in total. The van der Waals surface area contributed by atoms with E-state index in [1.54, 1.807) is 29.7 Å². The van der Waals surface area contributed by atoms with Crippen molar-refractivity contribution < 1.29 is 14.6 Å². The fraction of sp³-hybridized carbons (Fsp3) is 0.333. The minimum Gasteiger partial charge on any atom is -0.390 e. The highest BCUT2D eigenvalue weighted by molar-refractivity contribution is 5.42. The second kappa shape index (κ2) is 6.62. The molecule has 22 heavy (non-hydrogen) atoms. The lowest BCUT2D eigenvalue weighted by Gasteiger charge is -2.17. The Kier molecular flexibility index (Phi) is 4.82. The molecule has 1 heterocycles. The van der Waals surface area contributed by atoms with E-state index in [9.17, 15) is 14.6 Å². The molecule has 0 aliphatic heterocycles. The van der Waals surface area contributed by atoms with E-state index in [1.165, 1.54) is 12.1 Å². The molecule has 116 valence electrons. The van der Waals surface area contributed by atoms with Crippen LogP contribution in [0.3, 0.4) is 0 Å². The fourth-order valence-corrected chi connectivity index (χ4v) is 2.53. The van der Waals surface area contributed by atoms with Crippen molar-refractivity contribution in [3.05, 3.63) is 63.5 Å². The second-order valence-electron chi connectivity index (χ2n) is 5.07. The average molecular weight is 304 g/mol. The van der Waals surface area contributed by atoms with Gasteiger partial charge in [0.1, 0.15) is 11.9 Å². The molecule has 0 amide bonds. The van der Waals surface area contributed by atoms with Gasteiger partial charge in [0.2, 0.25) is 0 Å². The molecule has 2 rings (SSSR count). The molecule has 0 saturated carbocycles. The van der Waals surface area contributed by atoms with E-state index in [1.807, 2.05) is 6.92 Å². The zero-order valence-electron chi connectivity index (χ0n) is 12.3. The Morgan fingerprint density at radius 3 is 2.68 bits per heavy atom. The third-order valence-electron chi connectivity index (χ3n) is 3.55. The van der Waals surface area contributed by atoms with E-state index in [4.69, 9.17) is 5.53 Å². The summed E-state index contributed by atoms with van der Waals surface area (Å²) in [5.74, 6) is -0.351. The van der Waals surface area contributed by atoms with Crippen LogP contribution in [0.4, 0.5) is 4.39 Å². The van der Waals surface area contributed by atoms with Crippen molar-refractivity contribution in [3.8, 4) is 5.69 Å². The van der Waals surface area contributed by atoms with Crippen molar-refractivity contribution in [2.75, 3.05) is 6.54 Å². The molecule has 2 aromatic rings. The number of halogens is 1. The fourth-order valence-electron chi connectivity index (χ4n) is 2.53. The van der Waals surface area contributed by atoms with Crippen LogP contribution >= 0.6 is 0 Å². The van der Waals surface area contributed by atoms with Crippen LogP contribution in [0.5, 0.6) is 0 Å². The summed E-state index contributed by atoms with van der Waals surface area (Å²) in [7, 11) is 0. The van der Waals surface area contributed by atoms with Crippen LogP contribution in [0, 0.1) is 19.7 Å². The van der Waals surface area contributed by atoms with Crippen molar-refractivity contribution in [1.82, 2.24) is 4.57 Å². The Morgan fingerprint density at radius 2 is 2.05 bits per heavy atom. The van der Waals surface area contributed by atoms with Gasteiger partial charge in [-0.15, -0.1) is 0 Å². The van der Waals surface area contributed by atoms with Crippen molar-refractivity contribution >= 4 is 0 Å². The van der Waals surface area contributed by atoms with Crippen molar-refractivity contribution in [1.29, 1.82) is 0 Å². The van der Waals surface area contributed by atoms with E-state index in [-0.39, 0.29) is 12.4 Å². The minimum absolute atomic E-state index is 0.221. The number of hydrogen-bond donors (Lipinski definition) is 2. The molecule has 0 bridgehead atoms. The van der Waals surface area contributed by atoms with E-state index >= 15 is 0 Å². The number of benzene rings is 1. The Labute approximate surface area is 127 Å². The first-order chi connectivity index (χ1) is 10.5. The van der Waals surface area contributed by atoms with Crippen LogP contribution in [0.15, 0.2) is 35.4 Å². The van der Waals surface area contributed by atoms with Gasteiger partial charge < -0.3 is 14.8 Å². The van der Waals surface area contributed by atoms with Gasteiger partial charge in [-0.05, 0) is 43.6 Å². The maximum absolute atomic E-state index is 13.4. The molecular formula is C15H17FN4O2. The lowest BCUT2D eigenvalue weighted by molar-refractivity contribution is 0.0240. The van der Waals surface area contributed by atoms with Gasteiger partial charge in [0.25, 0.3) is 0 Å². The molecule has 2 N–H and O–H groups in total. The summed E-state index contributed by atoms with van der Waals surface area (Å²) in [6.45, 7) is 3.38. The molecule has 0 aliphatic carbocycles. The molecule has 0 radical (unpaired) electrons. The van der Waals surface area contributed by atoms with Gasteiger partial charge in [-0.2, -0.15) is 0 Å². The highest BCUT2D eigenvalue weighted by Gasteiger charge is 2.23. The number of nitrogens with zero attached hydrogens (tertiary/aromatic N) is 4. The molecule has 1 aromatic carbocycles. The van der Waals surface area contributed by atoms with Gasteiger partial charge in [0.15, 0.2) is 0 Å². The largest absolute Gasteiger partial charge is 0.390 e. The van der Waals surface area contributed by atoms with Gasteiger partial charge in [-0.1, -0.05) is 11.2 Å². The van der Waals surface area contributed by atoms with Crippen LogP contribution in [0.1, 0.15) is 23.1 Å².